The summed E-state index contributed by atoms with van der Waals surface area (Å²) in [7, 11) is -1.75. The first-order chi connectivity index (χ1) is 17.2. The molecule has 1 aromatic heterocycles. The van der Waals surface area contributed by atoms with Gasteiger partial charge in [0.25, 0.3) is 5.91 Å². The summed E-state index contributed by atoms with van der Waals surface area (Å²) >= 11 is 0. The van der Waals surface area contributed by atoms with E-state index in [0.29, 0.717) is 47.5 Å². The molecular weight excluding hydrogens is 511 g/mol. The highest BCUT2D eigenvalue weighted by Crippen LogP contribution is 2.36. The lowest BCUT2D eigenvalue weighted by Gasteiger charge is -2.35. The number of nitrogens with zero attached hydrogens (tertiary/aromatic N) is 2. The van der Waals surface area contributed by atoms with Crippen LogP contribution in [0.1, 0.15) is 60.6 Å². The zero-order valence-electron chi connectivity index (χ0n) is 21.5. The van der Waals surface area contributed by atoms with Crippen molar-refractivity contribution in [2.45, 2.75) is 75.9 Å². The van der Waals surface area contributed by atoms with E-state index in [2.05, 4.69) is 10.4 Å². The number of aryl methyl sites for hydroxylation is 2. The van der Waals surface area contributed by atoms with Crippen molar-refractivity contribution in [2.75, 3.05) is 19.9 Å². The van der Waals surface area contributed by atoms with Crippen LogP contribution < -0.4 is 10.1 Å². The van der Waals surface area contributed by atoms with Gasteiger partial charge in [-0.15, -0.1) is 0 Å². The van der Waals surface area contributed by atoms with Gasteiger partial charge in [-0.05, 0) is 63.6 Å². The average molecular weight is 546 g/mol. The van der Waals surface area contributed by atoms with Crippen LogP contribution in [0.15, 0.2) is 18.2 Å². The van der Waals surface area contributed by atoms with Crippen LogP contribution in [0.3, 0.4) is 0 Å². The summed E-state index contributed by atoms with van der Waals surface area (Å²) < 4.78 is 68.6. The van der Waals surface area contributed by atoms with Gasteiger partial charge in [0, 0.05) is 36.9 Å². The molecule has 0 spiro atoms. The van der Waals surface area contributed by atoms with E-state index >= 15 is 0 Å². The third-order valence-electron chi connectivity index (χ3n) is 6.97. The maximum Gasteiger partial charge on any atom is 0.389 e. The van der Waals surface area contributed by atoms with E-state index in [0.717, 1.165) is 0 Å². The molecule has 0 bridgehead atoms. The highest BCUT2D eigenvalue weighted by atomic mass is 32.2. The summed E-state index contributed by atoms with van der Waals surface area (Å²) in [5, 5.41) is 17.6. The van der Waals surface area contributed by atoms with Crippen molar-refractivity contribution in [2.24, 2.45) is 0 Å². The van der Waals surface area contributed by atoms with E-state index in [1.807, 2.05) is 6.92 Å². The van der Waals surface area contributed by atoms with Gasteiger partial charge < -0.3 is 15.2 Å². The smallest absolute Gasteiger partial charge is 0.389 e. The Hall–Kier alpha value is -2.60. The van der Waals surface area contributed by atoms with E-state index in [1.54, 1.807) is 29.8 Å². The fourth-order valence-corrected chi connectivity index (χ4v) is 5.86. The minimum absolute atomic E-state index is 0.0344. The highest BCUT2D eigenvalue weighted by molar-refractivity contribution is 7.91. The molecule has 1 heterocycles. The number of hydrogen-bond donors (Lipinski definition) is 2. The Balaban J connectivity index is 1.79. The molecule has 0 radical (unpaired) electrons. The van der Waals surface area contributed by atoms with Gasteiger partial charge in [0.1, 0.15) is 15.6 Å². The molecule has 1 saturated carbocycles. The lowest BCUT2D eigenvalue weighted by molar-refractivity contribution is -0.134. The Labute approximate surface area is 215 Å². The SMILES string of the molecule is CCn1nc(C(=O)NC[C@]2(O)CC[C@@H](S(C)(=O)=O)CC2)c(C)c1-c1ccc(CCC(F)(F)F)cc1OC. The van der Waals surface area contributed by atoms with Gasteiger partial charge in [-0.3, -0.25) is 9.48 Å². The standard InChI is InChI=1S/C25H34F3N3O5S/c1-5-31-22(19-7-6-17(14-20(19)36-3)8-13-25(26,27)28)16(2)21(30-31)23(32)29-15-24(33)11-9-18(10-12-24)37(4,34)35/h6-7,14,18,33H,5,8-13,15H2,1-4H3,(H,29,32)/t18-,24+. The van der Waals surface area contributed by atoms with Crippen LogP contribution in [-0.2, 0) is 22.8 Å². The molecule has 1 aliphatic rings. The van der Waals surface area contributed by atoms with Crippen molar-refractivity contribution in [3.8, 4) is 17.0 Å². The number of carbonyl (C=O) groups is 1. The number of aromatic nitrogens is 2. The molecule has 8 nitrogen and oxygen atoms in total. The van der Waals surface area contributed by atoms with Gasteiger partial charge in [0.2, 0.25) is 0 Å². The minimum Gasteiger partial charge on any atom is -0.496 e. The average Bonchev–Trinajstić information content (AvgIpc) is 3.16. The maximum absolute atomic E-state index is 13.0. The number of nitrogens with one attached hydrogen (secondary N) is 1. The number of carbonyl (C=O) groups excluding carboxylic acids is 1. The summed E-state index contributed by atoms with van der Waals surface area (Å²) in [6.07, 6.45) is -2.99. The van der Waals surface area contributed by atoms with Gasteiger partial charge >= 0.3 is 6.18 Å². The largest absolute Gasteiger partial charge is 0.496 e. The zero-order chi connectivity index (χ0) is 27.6. The first-order valence-corrected chi connectivity index (χ1v) is 14.1. The highest BCUT2D eigenvalue weighted by Gasteiger charge is 2.37. The Kier molecular flexibility index (Phi) is 8.63. The van der Waals surface area contributed by atoms with Gasteiger partial charge in [0.05, 0.1) is 23.7 Å². The van der Waals surface area contributed by atoms with Gasteiger partial charge in [-0.1, -0.05) is 6.07 Å². The third kappa shape index (κ3) is 7.04. The number of benzene rings is 1. The molecule has 2 N–H and O–H groups in total. The fourth-order valence-electron chi connectivity index (χ4n) is 4.77. The van der Waals surface area contributed by atoms with Crippen LogP contribution in [0, 0.1) is 6.92 Å². The molecule has 3 rings (SSSR count). The number of halogens is 3. The number of ether oxygens (including phenoxy) is 1. The van der Waals surface area contributed by atoms with Crippen LogP contribution in [-0.4, -0.2) is 66.1 Å². The third-order valence-corrected chi connectivity index (χ3v) is 8.65. The van der Waals surface area contributed by atoms with Crippen molar-refractivity contribution < 1.29 is 36.2 Å². The lowest BCUT2D eigenvalue weighted by Crippen LogP contribution is -2.47. The molecular formula is C25H34F3N3O5S. The molecule has 12 heteroatoms. The second-order valence-corrected chi connectivity index (χ2v) is 12.0. The van der Waals surface area contributed by atoms with Gasteiger partial charge in [0.15, 0.2) is 5.69 Å². The molecule has 1 amide bonds. The monoisotopic (exact) mass is 545 g/mol. The van der Waals surface area contributed by atoms with Crippen molar-refractivity contribution >= 4 is 15.7 Å². The Morgan fingerprint density at radius 3 is 2.49 bits per heavy atom. The predicted molar refractivity (Wildman–Crippen MR) is 133 cm³/mol. The molecule has 0 atom stereocenters. The quantitative estimate of drug-likeness (QED) is 0.496. The number of alkyl halides is 3. The maximum atomic E-state index is 13.0. The van der Waals surface area contributed by atoms with Crippen LogP contribution in [0.4, 0.5) is 13.2 Å². The van der Waals surface area contributed by atoms with E-state index in [4.69, 9.17) is 4.74 Å². The number of methoxy groups -OCH3 is 1. The molecule has 0 aliphatic heterocycles. The van der Waals surface area contributed by atoms with E-state index in [-0.39, 0.29) is 31.5 Å². The van der Waals surface area contributed by atoms with Crippen LogP contribution in [0.5, 0.6) is 5.75 Å². The number of sulfone groups is 1. The van der Waals surface area contributed by atoms with Gasteiger partial charge in [-0.25, -0.2) is 8.42 Å². The van der Waals surface area contributed by atoms with Crippen LogP contribution in [0.25, 0.3) is 11.3 Å². The molecule has 0 unspecified atom stereocenters. The molecule has 0 saturated heterocycles. The van der Waals surface area contributed by atoms with Crippen molar-refractivity contribution in [3.63, 3.8) is 0 Å². The molecule has 2 aromatic rings. The second-order valence-electron chi connectivity index (χ2n) is 9.72. The molecule has 1 aromatic carbocycles. The topological polar surface area (TPSA) is 111 Å². The molecule has 1 aliphatic carbocycles. The first-order valence-electron chi connectivity index (χ1n) is 12.2. The summed E-state index contributed by atoms with van der Waals surface area (Å²) in [4.78, 5) is 13.0. The summed E-state index contributed by atoms with van der Waals surface area (Å²) in [6, 6.07) is 4.85. The second kappa shape index (κ2) is 11.0. The number of amides is 1. The lowest BCUT2D eigenvalue weighted by atomic mass is 9.84. The number of hydrogen-bond acceptors (Lipinski definition) is 6. The normalized spacial score (nSPS) is 20.6. The Morgan fingerprint density at radius 1 is 1.30 bits per heavy atom. The van der Waals surface area contributed by atoms with Crippen molar-refractivity contribution in [1.29, 1.82) is 0 Å². The summed E-state index contributed by atoms with van der Waals surface area (Å²) in [6.45, 7) is 3.98. The van der Waals surface area contributed by atoms with Crippen molar-refractivity contribution in [3.05, 3.63) is 35.0 Å². The van der Waals surface area contributed by atoms with E-state index in [1.165, 1.54) is 13.4 Å². The molecule has 37 heavy (non-hydrogen) atoms. The van der Waals surface area contributed by atoms with E-state index < -0.39 is 39.2 Å². The summed E-state index contributed by atoms with van der Waals surface area (Å²) in [5.41, 5.74) is 1.22. The Bertz CT molecular complexity index is 1230. The van der Waals surface area contributed by atoms with E-state index in [9.17, 15) is 31.5 Å². The Morgan fingerprint density at radius 2 is 1.95 bits per heavy atom. The number of aliphatic hydroxyl groups is 1. The first kappa shape index (κ1) is 29.0. The summed E-state index contributed by atoms with van der Waals surface area (Å²) in [5.74, 6) is -0.105. The van der Waals surface area contributed by atoms with Gasteiger partial charge in [-0.2, -0.15) is 18.3 Å². The molecule has 206 valence electrons. The van der Waals surface area contributed by atoms with Crippen molar-refractivity contribution in [1.82, 2.24) is 15.1 Å². The zero-order valence-corrected chi connectivity index (χ0v) is 22.3. The number of rotatable bonds is 9. The molecule has 1 fully saturated rings. The van der Waals surface area contributed by atoms with Crippen LogP contribution in [0.2, 0.25) is 0 Å². The minimum atomic E-state index is -4.26. The van der Waals surface area contributed by atoms with Crippen LogP contribution >= 0.6 is 0 Å². The fraction of sp³-hybridized carbons (Fsp3) is 0.600. The predicted octanol–water partition coefficient (Wildman–Crippen LogP) is 3.83.